The molecule has 1 saturated carbocycles. The van der Waals surface area contributed by atoms with Crippen LogP contribution in [-0.4, -0.2) is 47.5 Å². The average molecular weight is 382 g/mol. The van der Waals surface area contributed by atoms with Crippen molar-refractivity contribution in [3.8, 4) is 0 Å². The standard InChI is InChI=1S/C19H26N8O/c1-2-14-11-23-27-17(14)25-18(24-16-6-4-3-5-15(16)12-28)26-19(27)20-9-13-7-8-21-22-10-13/h7-8,10-11,15-16,28H,2-6,9,12H2,1H3,(H2,20,24,25,26)/t15-,16-/m0/s1. The fourth-order valence-electron chi connectivity index (χ4n) is 3.74. The first kappa shape index (κ1) is 18.5. The molecule has 0 spiro atoms. The van der Waals surface area contributed by atoms with Crippen LogP contribution < -0.4 is 10.6 Å². The fraction of sp³-hybridized carbons (Fsp3) is 0.526. The summed E-state index contributed by atoms with van der Waals surface area (Å²) in [5, 5.41) is 28.7. The highest BCUT2D eigenvalue weighted by Gasteiger charge is 2.25. The van der Waals surface area contributed by atoms with Gasteiger partial charge in [-0.25, -0.2) is 0 Å². The maximum Gasteiger partial charge on any atom is 0.229 e. The number of fused-ring (bicyclic) bond motifs is 1. The molecule has 0 aromatic carbocycles. The third-order valence-corrected chi connectivity index (χ3v) is 5.38. The minimum Gasteiger partial charge on any atom is -0.396 e. The summed E-state index contributed by atoms with van der Waals surface area (Å²) in [4.78, 5) is 9.39. The lowest BCUT2D eigenvalue weighted by Gasteiger charge is -2.30. The van der Waals surface area contributed by atoms with E-state index >= 15 is 0 Å². The van der Waals surface area contributed by atoms with Gasteiger partial charge in [0.25, 0.3) is 0 Å². The van der Waals surface area contributed by atoms with Crippen LogP contribution in [0.2, 0.25) is 0 Å². The zero-order valence-corrected chi connectivity index (χ0v) is 16.0. The molecule has 3 heterocycles. The normalized spacial score (nSPS) is 19.6. The van der Waals surface area contributed by atoms with E-state index in [9.17, 15) is 5.11 Å². The Balaban J connectivity index is 1.62. The van der Waals surface area contributed by atoms with Gasteiger partial charge in [-0.15, -0.1) is 0 Å². The van der Waals surface area contributed by atoms with Crippen LogP contribution in [0.5, 0.6) is 0 Å². The first-order valence-corrected chi connectivity index (χ1v) is 9.90. The number of anilines is 2. The molecule has 0 aliphatic heterocycles. The van der Waals surface area contributed by atoms with E-state index in [4.69, 9.17) is 4.98 Å². The van der Waals surface area contributed by atoms with E-state index in [2.05, 4.69) is 37.8 Å². The van der Waals surface area contributed by atoms with Gasteiger partial charge < -0.3 is 15.7 Å². The van der Waals surface area contributed by atoms with Gasteiger partial charge in [-0.1, -0.05) is 19.8 Å². The van der Waals surface area contributed by atoms with Crippen molar-refractivity contribution in [2.45, 2.75) is 51.6 Å². The highest BCUT2D eigenvalue weighted by atomic mass is 16.3. The largest absolute Gasteiger partial charge is 0.396 e. The van der Waals surface area contributed by atoms with E-state index in [0.29, 0.717) is 18.4 Å². The maximum atomic E-state index is 9.71. The van der Waals surface area contributed by atoms with Crippen LogP contribution in [0.1, 0.15) is 43.7 Å². The van der Waals surface area contributed by atoms with Crippen molar-refractivity contribution in [1.82, 2.24) is 29.8 Å². The Labute approximate surface area is 163 Å². The van der Waals surface area contributed by atoms with Crippen molar-refractivity contribution in [3.63, 3.8) is 0 Å². The number of hydrogen-bond acceptors (Lipinski definition) is 8. The fourth-order valence-corrected chi connectivity index (χ4v) is 3.74. The molecule has 0 amide bonds. The predicted molar refractivity (Wildman–Crippen MR) is 106 cm³/mol. The number of rotatable bonds is 7. The van der Waals surface area contributed by atoms with Gasteiger partial charge in [0.05, 0.1) is 12.4 Å². The van der Waals surface area contributed by atoms with Gasteiger partial charge in [0, 0.05) is 36.9 Å². The summed E-state index contributed by atoms with van der Waals surface area (Å²) in [5.41, 5.74) is 2.87. The Kier molecular flexibility index (Phi) is 5.61. The minimum absolute atomic E-state index is 0.187. The Morgan fingerprint density at radius 1 is 1.18 bits per heavy atom. The third kappa shape index (κ3) is 3.89. The Hall–Kier alpha value is -2.81. The van der Waals surface area contributed by atoms with Gasteiger partial charge >= 0.3 is 0 Å². The number of aromatic nitrogens is 6. The third-order valence-electron chi connectivity index (χ3n) is 5.38. The molecule has 2 atom stereocenters. The lowest BCUT2D eigenvalue weighted by molar-refractivity contribution is 0.178. The monoisotopic (exact) mass is 382 g/mol. The number of aryl methyl sites for hydroxylation is 1. The molecule has 3 aromatic heterocycles. The summed E-state index contributed by atoms with van der Waals surface area (Å²) in [7, 11) is 0. The second-order valence-electron chi connectivity index (χ2n) is 7.21. The van der Waals surface area contributed by atoms with Crippen LogP contribution in [0.15, 0.2) is 24.7 Å². The van der Waals surface area contributed by atoms with Gasteiger partial charge in [-0.2, -0.15) is 29.8 Å². The smallest absolute Gasteiger partial charge is 0.229 e. The van der Waals surface area contributed by atoms with Crippen LogP contribution >= 0.6 is 0 Å². The molecular formula is C19H26N8O. The van der Waals surface area contributed by atoms with Crippen LogP contribution in [0, 0.1) is 5.92 Å². The topological polar surface area (TPSA) is 113 Å². The molecule has 9 heteroatoms. The lowest BCUT2D eigenvalue weighted by atomic mass is 9.85. The summed E-state index contributed by atoms with van der Waals surface area (Å²) >= 11 is 0. The van der Waals surface area contributed by atoms with E-state index in [1.54, 1.807) is 16.9 Å². The van der Waals surface area contributed by atoms with Gasteiger partial charge in [0.15, 0.2) is 5.65 Å². The highest BCUT2D eigenvalue weighted by molar-refractivity contribution is 5.54. The molecule has 28 heavy (non-hydrogen) atoms. The second-order valence-corrected chi connectivity index (χ2v) is 7.21. The summed E-state index contributed by atoms with van der Waals surface area (Å²) in [6, 6.07) is 2.10. The van der Waals surface area contributed by atoms with Crippen LogP contribution in [0.3, 0.4) is 0 Å². The van der Waals surface area contributed by atoms with E-state index < -0.39 is 0 Å². The molecular weight excluding hydrogens is 356 g/mol. The zero-order chi connectivity index (χ0) is 19.3. The van der Waals surface area contributed by atoms with E-state index in [0.717, 1.165) is 42.5 Å². The SMILES string of the molecule is CCc1cnn2c(NCc3ccnnc3)nc(N[C@H]3CCCC[C@H]3CO)nc12. The van der Waals surface area contributed by atoms with Gasteiger partial charge in [0.2, 0.25) is 11.9 Å². The predicted octanol–water partition coefficient (Wildman–Crippen LogP) is 2.05. The summed E-state index contributed by atoms with van der Waals surface area (Å²) in [6.07, 6.45) is 10.4. The van der Waals surface area contributed by atoms with Crippen LogP contribution in [0.4, 0.5) is 11.9 Å². The molecule has 148 valence electrons. The van der Waals surface area contributed by atoms with Gasteiger partial charge in [0.1, 0.15) is 0 Å². The van der Waals surface area contributed by atoms with E-state index in [-0.39, 0.29) is 18.6 Å². The number of nitrogens with zero attached hydrogens (tertiary/aromatic N) is 6. The van der Waals surface area contributed by atoms with Gasteiger partial charge in [-0.05, 0) is 30.9 Å². The molecule has 0 unspecified atom stereocenters. The van der Waals surface area contributed by atoms with Crippen molar-refractivity contribution >= 4 is 17.5 Å². The summed E-state index contributed by atoms with van der Waals surface area (Å²) < 4.78 is 1.74. The first-order valence-electron chi connectivity index (χ1n) is 9.90. The average Bonchev–Trinajstić information content (AvgIpc) is 3.16. The highest BCUT2D eigenvalue weighted by Crippen LogP contribution is 2.27. The number of hydrogen-bond donors (Lipinski definition) is 3. The molecule has 1 aliphatic carbocycles. The second kappa shape index (κ2) is 8.47. The van der Waals surface area contributed by atoms with Crippen LogP contribution in [-0.2, 0) is 13.0 Å². The number of aliphatic hydroxyl groups is 1. The Bertz CT molecular complexity index is 913. The van der Waals surface area contributed by atoms with Crippen molar-refractivity contribution in [1.29, 1.82) is 0 Å². The van der Waals surface area contributed by atoms with E-state index in [1.807, 2.05) is 12.3 Å². The zero-order valence-electron chi connectivity index (χ0n) is 16.0. The molecule has 4 rings (SSSR count). The minimum atomic E-state index is 0.187. The molecule has 0 bridgehead atoms. The quantitative estimate of drug-likeness (QED) is 0.569. The summed E-state index contributed by atoms with van der Waals surface area (Å²) in [5.74, 6) is 1.44. The molecule has 0 saturated heterocycles. The first-order chi connectivity index (χ1) is 13.8. The van der Waals surface area contributed by atoms with Crippen molar-refractivity contribution in [2.75, 3.05) is 17.2 Å². The van der Waals surface area contributed by atoms with Crippen molar-refractivity contribution in [2.24, 2.45) is 5.92 Å². The maximum absolute atomic E-state index is 9.71. The molecule has 0 radical (unpaired) electrons. The Morgan fingerprint density at radius 2 is 2.07 bits per heavy atom. The molecule has 9 nitrogen and oxygen atoms in total. The molecule has 1 aliphatic rings. The molecule has 1 fully saturated rings. The lowest BCUT2D eigenvalue weighted by Crippen LogP contribution is -2.35. The molecule has 3 aromatic rings. The number of aliphatic hydroxyl groups excluding tert-OH is 1. The van der Waals surface area contributed by atoms with Crippen molar-refractivity contribution < 1.29 is 5.11 Å². The van der Waals surface area contributed by atoms with Gasteiger partial charge in [-0.3, -0.25) is 0 Å². The number of nitrogens with one attached hydrogen (secondary N) is 2. The van der Waals surface area contributed by atoms with Crippen molar-refractivity contribution in [3.05, 3.63) is 35.8 Å². The Morgan fingerprint density at radius 3 is 2.86 bits per heavy atom. The molecule has 3 N–H and O–H groups in total. The van der Waals surface area contributed by atoms with Crippen LogP contribution in [0.25, 0.3) is 5.65 Å². The summed E-state index contributed by atoms with van der Waals surface area (Å²) in [6.45, 7) is 2.84. The van der Waals surface area contributed by atoms with E-state index in [1.165, 1.54) is 6.42 Å².